The number of ether oxygens (including phenoxy) is 1. The Morgan fingerprint density at radius 3 is 2.36 bits per heavy atom. The van der Waals surface area contributed by atoms with Crippen LogP contribution in [0, 0.1) is 23.4 Å². The van der Waals surface area contributed by atoms with E-state index >= 15 is 0 Å². The Balaban J connectivity index is 1.62. The minimum Gasteiger partial charge on any atom is -0.491 e. The van der Waals surface area contributed by atoms with Gasteiger partial charge < -0.3 is 4.74 Å². The minimum absolute atomic E-state index is 0.00963. The maximum absolute atomic E-state index is 14.4. The number of rotatable bonds is 6. The van der Waals surface area contributed by atoms with Gasteiger partial charge in [-0.2, -0.15) is 4.39 Å². The van der Waals surface area contributed by atoms with E-state index in [1.54, 1.807) is 19.1 Å². The smallest absolute Gasteiger partial charge is 0.200 e. The Morgan fingerprint density at radius 2 is 1.71 bits per heavy atom. The number of allylic oxidation sites excluding steroid dienone is 1. The van der Waals surface area contributed by atoms with Gasteiger partial charge in [0.05, 0.1) is 6.61 Å². The van der Waals surface area contributed by atoms with E-state index in [4.69, 9.17) is 4.74 Å². The van der Waals surface area contributed by atoms with E-state index in [1.165, 1.54) is 6.07 Å². The molecule has 0 saturated heterocycles. The lowest BCUT2D eigenvalue weighted by Gasteiger charge is -2.27. The van der Waals surface area contributed by atoms with Crippen LogP contribution < -0.4 is 4.74 Å². The fourth-order valence-electron chi connectivity index (χ4n) is 3.92. The third kappa shape index (κ3) is 4.60. The van der Waals surface area contributed by atoms with Crippen LogP contribution in [0.2, 0.25) is 0 Å². The van der Waals surface area contributed by atoms with Crippen LogP contribution >= 0.6 is 0 Å². The van der Waals surface area contributed by atoms with Gasteiger partial charge in [0.2, 0.25) is 5.82 Å². The molecule has 0 N–H and O–H groups in total. The second kappa shape index (κ2) is 9.31. The summed E-state index contributed by atoms with van der Waals surface area (Å²) < 4.78 is 47.8. The van der Waals surface area contributed by atoms with Crippen LogP contribution in [-0.2, 0) is 6.42 Å². The van der Waals surface area contributed by atoms with Gasteiger partial charge in [-0.1, -0.05) is 37.3 Å². The fraction of sp³-hybridized carbons (Fsp3) is 0.417. The molecule has 0 unspecified atom stereocenters. The zero-order valence-electron chi connectivity index (χ0n) is 16.5. The largest absolute Gasteiger partial charge is 0.491 e. The zero-order valence-corrected chi connectivity index (χ0v) is 16.5. The summed E-state index contributed by atoms with van der Waals surface area (Å²) in [5, 5.41) is 0. The first-order chi connectivity index (χ1) is 13.5. The molecule has 3 rings (SSSR count). The quantitative estimate of drug-likeness (QED) is 0.515. The van der Waals surface area contributed by atoms with Crippen LogP contribution in [0.5, 0.6) is 5.75 Å². The van der Waals surface area contributed by atoms with E-state index in [2.05, 4.69) is 6.08 Å². The van der Waals surface area contributed by atoms with Crippen LogP contribution in [-0.4, -0.2) is 6.61 Å². The summed E-state index contributed by atoms with van der Waals surface area (Å²) in [6.45, 7) is 4.04. The number of benzene rings is 2. The van der Waals surface area contributed by atoms with E-state index < -0.39 is 11.6 Å². The Labute approximate surface area is 165 Å². The van der Waals surface area contributed by atoms with E-state index in [0.717, 1.165) is 37.7 Å². The molecule has 2 aromatic carbocycles. The molecule has 1 nitrogen and oxygen atoms in total. The number of aryl methyl sites for hydroxylation is 1. The molecule has 0 bridgehead atoms. The Morgan fingerprint density at radius 1 is 0.964 bits per heavy atom. The molecule has 28 heavy (non-hydrogen) atoms. The van der Waals surface area contributed by atoms with Crippen LogP contribution in [0.25, 0.3) is 6.08 Å². The topological polar surface area (TPSA) is 9.23 Å². The molecular weight excluding hydrogens is 361 g/mol. The lowest BCUT2D eigenvalue weighted by Crippen LogP contribution is -2.14. The first kappa shape index (κ1) is 20.5. The molecule has 0 atom stereocenters. The van der Waals surface area contributed by atoms with Crippen molar-refractivity contribution < 1.29 is 17.9 Å². The van der Waals surface area contributed by atoms with Gasteiger partial charge in [0, 0.05) is 5.56 Å². The van der Waals surface area contributed by atoms with E-state index in [-0.39, 0.29) is 17.5 Å². The van der Waals surface area contributed by atoms with Crippen LogP contribution in [0.1, 0.15) is 62.1 Å². The summed E-state index contributed by atoms with van der Waals surface area (Å²) in [7, 11) is 0. The summed E-state index contributed by atoms with van der Waals surface area (Å²) >= 11 is 0. The summed E-state index contributed by atoms with van der Waals surface area (Å²) in [5.41, 5.74) is 2.02. The predicted molar refractivity (Wildman–Crippen MR) is 107 cm³/mol. The molecule has 150 valence electrons. The summed E-state index contributed by atoms with van der Waals surface area (Å²) in [5.74, 6) is -1.57. The maximum Gasteiger partial charge on any atom is 0.200 e. The van der Waals surface area contributed by atoms with E-state index in [0.29, 0.717) is 23.7 Å². The molecule has 0 radical (unpaired) electrons. The molecule has 1 fully saturated rings. The average molecular weight is 388 g/mol. The van der Waals surface area contributed by atoms with Gasteiger partial charge in [-0.15, -0.1) is 0 Å². The van der Waals surface area contributed by atoms with Crippen molar-refractivity contribution >= 4 is 6.08 Å². The standard InChI is InChI=1S/C24H27F3O/c1-3-16-5-11-19(21(25)15-16)12-8-17-6-9-18(10-7-17)20-13-14-22(28-4-2)24(27)23(20)26/h5,8,11-15,17-18H,3-4,6-7,9-10H2,1-2H3. The molecule has 0 aromatic heterocycles. The van der Waals surface area contributed by atoms with Crippen molar-refractivity contribution in [3.63, 3.8) is 0 Å². The first-order valence-electron chi connectivity index (χ1n) is 10.1. The highest BCUT2D eigenvalue weighted by Crippen LogP contribution is 2.39. The maximum atomic E-state index is 14.4. The summed E-state index contributed by atoms with van der Waals surface area (Å²) in [6.07, 6.45) is 8.04. The molecule has 1 aliphatic rings. The second-order valence-electron chi connectivity index (χ2n) is 7.39. The van der Waals surface area contributed by atoms with Crippen LogP contribution in [0.4, 0.5) is 13.2 Å². The molecule has 1 aliphatic carbocycles. The summed E-state index contributed by atoms with van der Waals surface area (Å²) in [6, 6.07) is 8.51. The number of halogens is 3. The Hall–Kier alpha value is -2.23. The highest BCUT2D eigenvalue weighted by atomic mass is 19.2. The monoisotopic (exact) mass is 388 g/mol. The van der Waals surface area contributed by atoms with E-state index in [9.17, 15) is 13.2 Å². The van der Waals surface area contributed by atoms with Gasteiger partial charge in [0.25, 0.3) is 0 Å². The minimum atomic E-state index is -0.896. The molecule has 0 aliphatic heterocycles. The Bertz CT molecular complexity index is 836. The van der Waals surface area contributed by atoms with Crippen molar-refractivity contribution in [3.05, 3.63) is 70.5 Å². The van der Waals surface area contributed by atoms with Crippen molar-refractivity contribution in [1.29, 1.82) is 0 Å². The number of hydrogen-bond acceptors (Lipinski definition) is 1. The SMILES string of the molecule is CCOc1ccc(C2CCC(C=Cc3ccc(CC)cc3F)CC2)c(F)c1F. The molecular formula is C24H27F3O. The van der Waals surface area contributed by atoms with Gasteiger partial charge in [0.1, 0.15) is 5.82 Å². The number of hydrogen-bond donors (Lipinski definition) is 0. The Kier molecular flexibility index (Phi) is 6.82. The van der Waals surface area contributed by atoms with Gasteiger partial charge in [-0.25, -0.2) is 8.78 Å². The second-order valence-corrected chi connectivity index (χ2v) is 7.39. The highest BCUT2D eigenvalue weighted by molar-refractivity contribution is 5.51. The third-order valence-electron chi connectivity index (χ3n) is 5.61. The summed E-state index contributed by atoms with van der Waals surface area (Å²) in [4.78, 5) is 0. The molecule has 0 amide bonds. The van der Waals surface area contributed by atoms with Gasteiger partial charge in [0.15, 0.2) is 11.6 Å². The normalized spacial score (nSPS) is 19.9. The zero-order chi connectivity index (χ0) is 20.1. The predicted octanol–water partition coefficient (Wildman–Crippen LogP) is 7.05. The molecule has 0 spiro atoms. The van der Waals surface area contributed by atoms with Crippen LogP contribution in [0.15, 0.2) is 36.4 Å². The first-order valence-corrected chi connectivity index (χ1v) is 10.1. The molecule has 4 heteroatoms. The lowest BCUT2D eigenvalue weighted by molar-refractivity contribution is 0.310. The molecule has 1 saturated carbocycles. The highest BCUT2D eigenvalue weighted by Gasteiger charge is 2.25. The van der Waals surface area contributed by atoms with Crippen molar-refractivity contribution in [2.75, 3.05) is 6.61 Å². The molecule has 0 heterocycles. The fourth-order valence-corrected chi connectivity index (χ4v) is 3.92. The molecule has 2 aromatic rings. The lowest BCUT2D eigenvalue weighted by atomic mass is 9.78. The van der Waals surface area contributed by atoms with Gasteiger partial charge in [-0.05, 0) is 74.1 Å². The average Bonchev–Trinajstić information content (AvgIpc) is 2.71. The van der Waals surface area contributed by atoms with E-state index in [1.807, 2.05) is 25.1 Å². The van der Waals surface area contributed by atoms with Crippen LogP contribution in [0.3, 0.4) is 0 Å². The van der Waals surface area contributed by atoms with Crippen molar-refractivity contribution in [3.8, 4) is 5.75 Å². The van der Waals surface area contributed by atoms with Gasteiger partial charge in [-0.3, -0.25) is 0 Å². The third-order valence-corrected chi connectivity index (χ3v) is 5.61. The van der Waals surface area contributed by atoms with Crippen molar-refractivity contribution in [1.82, 2.24) is 0 Å². The van der Waals surface area contributed by atoms with Crippen molar-refractivity contribution in [2.45, 2.75) is 51.9 Å². The van der Waals surface area contributed by atoms with Gasteiger partial charge >= 0.3 is 0 Å². The van der Waals surface area contributed by atoms with Crippen molar-refractivity contribution in [2.24, 2.45) is 5.92 Å².